The van der Waals surface area contributed by atoms with Crippen molar-refractivity contribution in [1.29, 1.82) is 0 Å². The van der Waals surface area contributed by atoms with E-state index in [1.165, 1.54) is 12.1 Å². The van der Waals surface area contributed by atoms with E-state index < -0.39 is 6.10 Å². The van der Waals surface area contributed by atoms with E-state index in [0.29, 0.717) is 27.6 Å². The molecule has 18 heavy (non-hydrogen) atoms. The van der Waals surface area contributed by atoms with Crippen LogP contribution in [0.1, 0.15) is 17.2 Å². The molecule has 0 heterocycles. The summed E-state index contributed by atoms with van der Waals surface area (Å²) in [6.07, 6.45) is -0.397. The van der Waals surface area contributed by atoms with Gasteiger partial charge in [-0.05, 0) is 35.4 Å². The summed E-state index contributed by atoms with van der Waals surface area (Å²) in [6, 6.07) is 11.1. The van der Waals surface area contributed by atoms with Gasteiger partial charge in [0.05, 0.1) is 6.10 Å². The van der Waals surface area contributed by atoms with Crippen LogP contribution in [0.2, 0.25) is 10.0 Å². The van der Waals surface area contributed by atoms with Crippen molar-refractivity contribution in [3.05, 3.63) is 69.5 Å². The van der Waals surface area contributed by atoms with Crippen molar-refractivity contribution < 1.29 is 9.50 Å². The van der Waals surface area contributed by atoms with Crippen molar-refractivity contribution in [2.24, 2.45) is 0 Å². The molecule has 0 aliphatic heterocycles. The van der Waals surface area contributed by atoms with Crippen molar-refractivity contribution in [3.63, 3.8) is 0 Å². The second-order valence-corrected chi connectivity index (χ2v) is 4.85. The zero-order valence-corrected chi connectivity index (χ0v) is 10.9. The molecule has 1 atom stereocenters. The van der Waals surface area contributed by atoms with Crippen molar-refractivity contribution in [3.8, 4) is 0 Å². The van der Waals surface area contributed by atoms with Crippen LogP contribution in [-0.2, 0) is 6.42 Å². The van der Waals surface area contributed by atoms with Crippen molar-refractivity contribution in [2.75, 3.05) is 0 Å². The van der Waals surface area contributed by atoms with Crippen LogP contribution in [0.3, 0.4) is 0 Å². The van der Waals surface area contributed by atoms with E-state index in [0.717, 1.165) is 0 Å². The molecule has 2 aromatic rings. The highest BCUT2D eigenvalue weighted by atomic mass is 35.5. The largest absolute Gasteiger partial charge is 0.388 e. The van der Waals surface area contributed by atoms with E-state index in [4.69, 9.17) is 23.2 Å². The Morgan fingerprint density at radius 1 is 1.11 bits per heavy atom. The molecule has 0 bridgehead atoms. The second kappa shape index (κ2) is 5.70. The number of halogens is 3. The summed E-state index contributed by atoms with van der Waals surface area (Å²) in [6.45, 7) is 0. The normalized spacial score (nSPS) is 12.4. The van der Waals surface area contributed by atoms with E-state index >= 15 is 0 Å². The maximum Gasteiger partial charge on any atom is 0.124 e. The summed E-state index contributed by atoms with van der Waals surface area (Å²) in [7, 11) is 0. The lowest BCUT2D eigenvalue weighted by Crippen LogP contribution is -2.02. The Morgan fingerprint density at radius 3 is 2.56 bits per heavy atom. The SMILES string of the molecule is OC(Cc1ccc(F)cc1Cl)c1cccc(Cl)c1. The Kier molecular flexibility index (Phi) is 4.23. The third kappa shape index (κ3) is 3.22. The first-order valence-electron chi connectivity index (χ1n) is 5.44. The molecule has 0 aromatic heterocycles. The van der Waals surface area contributed by atoms with Gasteiger partial charge in [-0.2, -0.15) is 0 Å². The lowest BCUT2D eigenvalue weighted by atomic mass is 10.0. The van der Waals surface area contributed by atoms with Gasteiger partial charge in [0, 0.05) is 16.5 Å². The number of aliphatic hydroxyl groups excluding tert-OH is 1. The number of rotatable bonds is 3. The van der Waals surface area contributed by atoms with E-state index in [1.807, 2.05) is 0 Å². The standard InChI is InChI=1S/C14H11Cl2FO/c15-11-3-1-2-10(6-11)14(18)7-9-4-5-12(17)8-13(9)16/h1-6,8,14,18H,7H2. The molecular formula is C14H11Cl2FO. The Bertz CT molecular complexity index is 557. The molecule has 0 spiro atoms. The number of aliphatic hydroxyl groups is 1. The molecule has 0 aliphatic rings. The summed E-state index contributed by atoms with van der Waals surface area (Å²) in [5.41, 5.74) is 1.41. The predicted octanol–water partition coefficient (Wildman–Crippen LogP) is 4.41. The number of benzene rings is 2. The molecule has 0 saturated heterocycles. The molecular weight excluding hydrogens is 274 g/mol. The quantitative estimate of drug-likeness (QED) is 0.885. The highest BCUT2D eigenvalue weighted by molar-refractivity contribution is 6.31. The van der Waals surface area contributed by atoms with Crippen molar-refractivity contribution in [2.45, 2.75) is 12.5 Å². The van der Waals surface area contributed by atoms with Crippen LogP contribution in [0.15, 0.2) is 42.5 Å². The topological polar surface area (TPSA) is 20.2 Å². The maximum atomic E-state index is 12.9. The van der Waals surface area contributed by atoms with Gasteiger partial charge < -0.3 is 5.11 Å². The summed E-state index contributed by atoms with van der Waals surface area (Å²) in [5, 5.41) is 11.0. The van der Waals surface area contributed by atoms with E-state index in [2.05, 4.69) is 0 Å². The van der Waals surface area contributed by atoms with Gasteiger partial charge in [0.1, 0.15) is 5.82 Å². The van der Waals surface area contributed by atoms with Gasteiger partial charge >= 0.3 is 0 Å². The molecule has 2 aromatic carbocycles. The lowest BCUT2D eigenvalue weighted by Gasteiger charge is -2.12. The molecule has 0 amide bonds. The van der Waals surface area contributed by atoms with Crippen LogP contribution in [0.5, 0.6) is 0 Å². The molecule has 4 heteroatoms. The van der Waals surface area contributed by atoms with Crippen LogP contribution in [0.4, 0.5) is 4.39 Å². The fourth-order valence-corrected chi connectivity index (χ4v) is 2.17. The van der Waals surface area contributed by atoms with E-state index in [1.54, 1.807) is 30.3 Å². The smallest absolute Gasteiger partial charge is 0.124 e. The first-order valence-corrected chi connectivity index (χ1v) is 6.19. The Labute approximate surface area is 115 Å². The third-order valence-electron chi connectivity index (χ3n) is 2.66. The van der Waals surface area contributed by atoms with Crippen LogP contribution in [-0.4, -0.2) is 5.11 Å². The average Bonchev–Trinajstić information content (AvgIpc) is 2.32. The van der Waals surface area contributed by atoms with Gasteiger partial charge in [-0.25, -0.2) is 4.39 Å². The van der Waals surface area contributed by atoms with Gasteiger partial charge in [-0.1, -0.05) is 41.4 Å². The lowest BCUT2D eigenvalue weighted by molar-refractivity contribution is 0.178. The molecule has 0 radical (unpaired) electrons. The minimum atomic E-state index is -0.716. The summed E-state index contributed by atoms with van der Waals surface area (Å²) in [5.74, 6) is -0.388. The van der Waals surface area contributed by atoms with Crippen LogP contribution >= 0.6 is 23.2 Å². The van der Waals surface area contributed by atoms with E-state index in [9.17, 15) is 9.50 Å². The molecule has 0 saturated carbocycles. The monoisotopic (exact) mass is 284 g/mol. The van der Waals surface area contributed by atoms with Crippen LogP contribution < -0.4 is 0 Å². The first kappa shape index (κ1) is 13.3. The van der Waals surface area contributed by atoms with Gasteiger partial charge in [0.25, 0.3) is 0 Å². The summed E-state index contributed by atoms with van der Waals surface area (Å²) < 4.78 is 12.9. The van der Waals surface area contributed by atoms with Crippen LogP contribution in [0.25, 0.3) is 0 Å². The van der Waals surface area contributed by atoms with Gasteiger partial charge in [-0.3, -0.25) is 0 Å². The molecule has 94 valence electrons. The van der Waals surface area contributed by atoms with Crippen molar-refractivity contribution >= 4 is 23.2 Å². The Balaban J connectivity index is 2.18. The van der Waals surface area contributed by atoms with Crippen molar-refractivity contribution in [1.82, 2.24) is 0 Å². The van der Waals surface area contributed by atoms with Crippen LogP contribution in [0, 0.1) is 5.82 Å². The molecule has 1 N–H and O–H groups in total. The zero-order chi connectivity index (χ0) is 13.1. The fraction of sp³-hybridized carbons (Fsp3) is 0.143. The second-order valence-electron chi connectivity index (χ2n) is 4.01. The van der Waals surface area contributed by atoms with Gasteiger partial charge in [0.2, 0.25) is 0 Å². The Morgan fingerprint density at radius 2 is 1.89 bits per heavy atom. The van der Waals surface area contributed by atoms with Gasteiger partial charge in [0.15, 0.2) is 0 Å². The molecule has 0 fully saturated rings. The zero-order valence-electron chi connectivity index (χ0n) is 9.41. The summed E-state index contributed by atoms with van der Waals surface area (Å²) >= 11 is 11.8. The highest BCUT2D eigenvalue weighted by Gasteiger charge is 2.11. The molecule has 0 aliphatic carbocycles. The number of hydrogen-bond acceptors (Lipinski definition) is 1. The average molecular weight is 285 g/mol. The fourth-order valence-electron chi connectivity index (χ4n) is 1.73. The van der Waals surface area contributed by atoms with E-state index in [-0.39, 0.29) is 5.82 Å². The third-order valence-corrected chi connectivity index (χ3v) is 3.25. The molecule has 1 unspecified atom stereocenters. The minimum Gasteiger partial charge on any atom is -0.388 e. The Hall–Kier alpha value is -1.09. The molecule has 1 nitrogen and oxygen atoms in total. The molecule has 2 rings (SSSR count). The number of hydrogen-bond donors (Lipinski definition) is 1. The minimum absolute atomic E-state index is 0.316. The predicted molar refractivity (Wildman–Crippen MR) is 71.5 cm³/mol. The maximum absolute atomic E-state index is 12.9. The first-order chi connectivity index (χ1) is 8.56. The summed E-state index contributed by atoms with van der Waals surface area (Å²) in [4.78, 5) is 0. The highest BCUT2D eigenvalue weighted by Crippen LogP contribution is 2.25. The van der Waals surface area contributed by atoms with Gasteiger partial charge in [-0.15, -0.1) is 0 Å².